The zero-order valence-corrected chi connectivity index (χ0v) is 13.3. The Labute approximate surface area is 128 Å². The van der Waals surface area contributed by atoms with Crippen LogP contribution in [-0.4, -0.2) is 0 Å². The van der Waals surface area contributed by atoms with Crippen LogP contribution >= 0.6 is 0 Å². The van der Waals surface area contributed by atoms with E-state index in [2.05, 4.69) is 65.1 Å². The van der Waals surface area contributed by atoms with E-state index < -0.39 is 0 Å². The molecule has 1 fully saturated rings. The van der Waals surface area contributed by atoms with Crippen molar-refractivity contribution in [2.24, 2.45) is 0 Å². The number of hydrogen-bond donors (Lipinski definition) is 0. The van der Waals surface area contributed by atoms with Crippen molar-refractivity contribution in [2.75, 3.05) is 0 Å². The first-order valence-electron chi connectivity index (χ1n) is 7.23. The van der Waals surface area contributed by atoms with E-state index in [1.165, 1.54) is 46.8 Å². The van der Waals surface area contributed by atoms with Gasteiger partial charge in [0.1, 0.15) is 0 Å². The molecule has 0 bridgehead atoms. The predicted molar refractivity (Wildman–Crippen MR) is 75.8 cm³/mol. The summed E-state index contributed by atoms with van der Waals surface area (Å²) in [7, 11) is 0. The van der Waals surface area contributed by atoms with Crippen LogP contribution < -0.4 is 22.6 Å². The van der Waals surface area contributed by atoms with Gasteiger partial charge in [0.25, 0.3) is 22.6 Å². The third-order valence-electron chi connectivity index (χ3n) is 4.94. The molecule has 19 heavy (non-hydrogen) atoms. The molecule has 1 heteroatoms. The molecular weight excluding hydrogens is 343 g/mol. The molecule has 0 N–H and O–H groups in total. The Balaban J connectivity index is 2.06. The van der Waals surface area contributed by atoms with Crippen molar-refractivity contribution < 1.29 is 22.6 Å². The summed E-state index contributed by atoms with van der Waals surface area (Å²) in [5, 5.41) is 0. The lowest BCUT2D eigenvalue weighted by Gasteiger charge is -2.35. The van der Waals surface area contributed by atoms with E-state index in [0.29, 0.717) is 5.41 Å². The Bertz CT molecular complexity index is 636. The molecular formula is C18H18I+. The van der Waals surface area contributed by atoms with Crippen LogP contribution in [0.25, 0.3) is 11.1 Å². The molecule has 2 aromatic carbocycles. The fourth-order valence-electron chi connectivity index (χ4n) is 4.19. The molecule has 1 spiro atoms. The monoisotopic (exact) mass is 361 g/mol. The van der Waals surface area contributed by atoms with Crippen LogP contribution in [0.15, 0.2) is 42.5 Å². The highest BCUT2D eigenvalue weighted by Gasteiger charge is 2.46. The summed E-state index contributed by atoms with van der Waals surface area (Å²) < 4.78 is 1.49. The van der Waals surface area contributed by atoms with Crippen LogP contribution in [0, 0.1) is 3.57 Å². The minimum Gasteiger partial charge on any atom is -0.0619 e. The van der Waals surface area contributed by atoms with Crippen molar-refractivity contribution in [1.82, 2.24) is 0 Å². The third kappa shape index (κ3) is 1.57. The topological polar surface area (TPSA) is 0 Å². The number of hydrogen-bond acceptors (Lipinski definition) is 0. The Morgan fingerprint density at radius 3 is 2.37 bits per heavy atom. The van der Waals surface area contributed by atoms with Gasteiger partial charge >= 0.3 is 0 Å². The fourth-order valence-corrected chi connectivity index (χ4v) is 5.29. The lowest BCUT2D eigenvalue weighted by atomic mass is 9.68. The largest absolute Gasteiger partial charge is 0.297 e. The molecule has 0 atom stereocenters. The fraction of sp³-hybridized carbons (Fsp3) is 0.333. The van der Waals surface area contributed by atoms with Crippen LogP contribution in [0.4, 0.5) is 0 Å². The van der Waals surface area contributed by atoms with Gasteiger partial charge in [0.2, 0.25) is 0 Å². The summed E-state index contributed by atoms with van der Waals surface area (Å²) >= 11 is 2.21. The zero-order chi connectivity index (χ0) is 12.9. The first kappa shape index (κ1) is 12.0. The van der Waals surface area contributed by atoms with E-state index in [1.54, 1.807) is 11.1 Å². The van der Waals surface area contributed by atoms with Crippen molar-refractivity contribution in [3.8, 4) is 11.1 Å². The van der Waals surface area contributed by atoms with Gasteiger partial charge in [0.15, 0.2) is 3.57 Å². The summed E-state index contributed by atoms with van der Waals surface area (Å²) in [6, 6.07) is 15.9. The van der Waals surface area contributed by atoms with E-state index in [4.69, 9.17) is 0 Å². The van der Waals surface area contributed by atoms with E-state index in [1.807, 2.05) is 0 Å². The maximum absolute atomic E-state index is 2.38. The van der Waals surface area contributed by atoms with E-state index in [0.717, 1.165) is 0 Å². The van der Waals surface area contributed by atoms with Gasteiger partial charge in [0.05, 0.1) is 0 Å². The molecule has 0 saturated heterocycles. The second-order valence-electron chi connectivity index (χ2n) is 5.87. The van der Waals surface area contributed by atoms with E-state index in [9.17, 15) is 0 Å². The maximum atomic E-state index is 2.38. The molecule has 0 nitrogen and oxygen atoms in total. The SMILES string of the molecule is [IH+]c1cccc2c1C1(CCCCC1)c1ccccc1-2. The Morgan fingerprint density at radius 2 is 1.53 bits per heavy atom. The summed E-state index contributed by atoms with van der Waals surface area (Å²) in [6.07, 6.45) is 6.84. The first-order valence-corrected chi connectivity index (χ1v) is 8.40. The van der Waals surface area contributed by atoms with Crippen LogP contribution in [0.2, 0.25) is 0 Å². The molecule has 0 aliphatic heterocycles. The maximum Gasteiger partial charge on any atom is 0.297 e. The second kappa shape index (κ2) is 4.34. The molecule has 2 aromatic rings. The van der Waals surface area contributed by atoms with E-state index in [-0.39, 0.29) is 0 Å². The molecule has 0 unspecified atom stereocenters. The lowest BCUT2D eigenvalue weighted by Crippen LogP contribution is -3.34. The van der Waals surface area contributed by atoms with Gasteiger partial charge in [0, 0.05) is 11.0 Å². The van der Waals surface area contributed by atoms with Crippen molar-refractivity contribution >= 4 is 0 Å². The Hall–Kier alpha value is -0.830. The van der Waals surface area contributed by atoms with Gasteiger partial charge in [-0.15, -0.1) is 0 Å². The summed E-state index contributed by atoms with van der Waals surface area (Å²) in [5.74, 6) is 0. The van der Waals surface area contributed by atoms with Crippen LogP contribution in [0.1, 0.15) is 43.2 Å². The number of halogens is 1. The van der Waals surface area contributed by atoms with Gasteiger partial charge in [-0.1, -0.05) is 55.7 Å². The quantitative estimate of drug-likeness (QED) is 0.622. The summed E-state index contributed by atoms with van der Waals surface area (Å²) in [4.78, 5) is 0. The number of benzene rings is 2. The predicted octanol–water partition coefficient (Wildman–Crippen LogP) is 1.37. The molecule has 0 amide bonds. The zero-order valence-electron chi connectivity index (χ0n) is 11.0. The van der Waals surface area contributed by atoms with Crippen molar-refractivity contribution in [3.63, 3.8) is 0 Å². The van der Waals surface area contributed by atoms with Gasteiger partial charge < -0.3 is 0 Å². The minimum absolute atomic E-state index is 0.331. The Kier molecular flexibility index (Phi) is 2.73. The highest BCUT2D eigenvalue weighted by Crippen LogP contribution is 2.55. The average molecular weight is 361 g/mol. The molecule has 0 heterocycles. The van der Waals surface area contributed by atoms with Crippen molar-refractivity contribution in [2.45, 2.75) is 37.5 Å². The standard InChI is InChI=1S/C18H18I/c19-16-10-6-8-14-13-7-2-3-9-15(13)18(17(14)16)11-4-1-5-12-18/h2-3,6-10,19H,1,4-5,11-12H2/q+1. The summed E-state index contributed by atoms with van der Waals surface area (Å²) in [6.45, 7) is 0. The van der Waals surface area contributed by atoms with Gasteiger partial charge in [-0.3, -0.25) is 0 Å². The Morgan fingerprint density at radius 1 is 0.789 bits per heavy atom. The molecule has 1 saturated carbocycles. The van der Waals surface area contributed by atoms with Crippen molar-refractivity contribution in [1.29, 1.82) is 0 Å². The van der Waals surface area contributed by atoms with E-state index >= 15 is 0 Å². The highest BCUT2D eigenvalue weighted by atomic mass is 127. The minimum atomic E-state index is 0.331. The van der Waals surface area contributed by atoms with Gasteiger partial charge in [-0.05, 0) is 35.6 Å². The molecule has 0 aromatic heterocycles. The molecule has 4 rings (SSSR count). The smallest absolute Gasteiger partial charge is 0.0619 e. The number of fused-ring (bicyclic) bond motifs is 5. The average Bonchev–Trinajstić information content (AvgIpc) is 2.73. The molecule has 96 valence electrons. The third-order valence-corrected chi connectivity index (χ3v) is 5.92. The summed E-state index contributed by atoms with van der Waals surface area (Å²) in [5.41, 5.74) is 6.56. The first-order chi connectivity index (χ1) is 9.33. The van der Waals surface area contributed by atoms with Crippen LogP contribution in [0.3, 0.4) is 0 Å². The number of rotatable bonds is 0. The normalized spacial score (nSPS) is 19.2. The molecule has 2 aliphatic rings. The van der Waals surface area contributed by atoms with Gasteiger partial charge in [-0.2, -0.15) is 0 Å². The molecule has 2 aliphatic carbocycles. The second-order valence-corrected chi connectivity index (χ2v) is 7.12. The molecule has 0 radical (unpaired) electrons. The highest BCUT2D eigenvalue weighted by molar-refractivity contribution is 5.80. The van der Waals surface area contributed by atoms with Crippen LogP contribution in [0.5, 0.6) is 0 Å². The van der Waals surface area contributed by atoms with Crippen molar-refractivity contribution in [3.05, 3.63) is 57.2 Å². The lowest BCUT2D eigenvalue weighted by molar-refractivity contribution is -0.330. The van der Waals surface area contributed by atoms with Gasteiger partial charge in [-0.25, -0.2) is 0 Å². The van der Waals surface area contributed by atoms with Crippen LogP contribution in [-0.2, 0) is 5.41 Å².